The molecule has 0 aliphatic carbocycles. The predicted molar refractivity (Wildman–Crippen MR) is 73.2 cm³/mol. The number of fused-ring (bicyclic) bond motifs is 1. The van der Waals surface area contributed by atoms with Crippen molar-refractivity contribution in [2.24, 2.45) is 0 Å². The van der Waals surface area contributed by atoms with Gasteiger partial charge in [0, 0.05) is 12.6 Å². The first-order valence-corrected chi connectivity index (χ1v) is 6.42. The summed E-state index contributed by atoms with van der Waals surface area (Å²) < 4.78 is 0. The van der Waals surface area contributed by atoms with Gasteiger partial charge in [0.05, 0.1) is 6.04 Å². The second-order valence-corrected chi connectivity index (χ2v) is 4.84. The summed E-state index contributed by atoms with van der Waals surface area (Å²) in [5.41, 5.74) is 2.56. The van der Waals surface area contributed by atoms with Gasteiger partial charge < -0.3 is 10.6 Å². The van der Waals surface area contributed by atoms with Crippen molar-refractivity contribution in [3.8, 4) is 0 Å². The second kappa shape index (κ2) is 5.83. The van der Waals surface area contributed by atoms with Crippen molar-refractivity contribution in [3.63, 3.8) is 0 Å². The Morgan fingerprint density at radius 2 is 2.28 bits per heavy atom. The molecule has 1 unspecified atom stereocenters. The highest BCUT2D eigenvalue weighted by molar-refractivity contribution is 5.82. The molecule has 3 nitrogen and oxygen atoms in total. The van der Waals surface area contributed by atoms with Crippen LogP contribution in [0.3, 0.4) is 0 Å². The van der Waals surface area contributed by atoms with E-state index in [4.69, 9.17) is 0 Å². The molecule has 0 saturated heterocycles. The number of hydrogen-bond donors (Lipinski definition) is 2. The van der Waals surface area contributed by atoms with Crippen LogP contribution in [0.2, 0.25) is 0 Å². The summed E-state index contributed by atoms with van der Waals surface area (Å²) in [4.78, 5) is 12.1. The Bertz CT molecular complexity index is 442. The molecule has 0 fully saturated rings. The highest BCUT2D eigenvalue weighted by atomic mass is 16.2. The summed E-state index contributed by atoms with van der Waals surface area (Å²) in [7, 11) is 0. The fraction of sp³-hybridized carbons (Fsp3) is 0.400. The minimum Gasteiger partial charge on any atom is -0.352 e. The van der Waals surface area contributed by atoms with Crippen LogP contribution in [-0.2, 0) is 17.8 Å². The molecule has 0 aromatic heterocycles. The van der Waals surface area contributed by atoms with Crippen LogP contribution in [0.15, 0.2) is 36.9 Å². The van der Waals surface area contributed by atoms with Crippen LogP contribution in [0.4, 0.5) is 0 Å². The van der Waals surface area contributed by atoms with E-state index in [0.717, 1.165) is 19.4 Å². The van der Waals surface area contributed by atoms with E-state index in [9.17, 15) is 4.79 Å². The quantitative estimate of drug-likeness (QED) is 0.793. The summed E-state index contributed by atoms with van der Waals surface area (Å²) in [6, 6.07) is 8.30. The molecule has 96 valence electrons. The molecule has 0 spiro atoms. The highest BCUT2D eigenvalue weighted by Crippen LogP contribution is 2.16. The van der Waals surface area contributed by atoms with E-state index in [1.807, 2.05) is 25.1 Å². The first kappa shape index (κ1) is 12.8. The Kier molecular flexibility index (Phi) is 4.15. The summed E-state index contributed by atoms with van der Waals surface area (Å²) in [6.45, 7) is 6.45. The zero-order chi connectivity index (χ0) is 13.0. The van der Waals surface area contributed by atoms with E-state index < -0.39 is 0 Å². The van der Waals surface area contributed by atoms with Crippen molar-refractivity contribution in [1.29, 1.82) is 0 Å². The molecule has 1 amide bonds. The zero-order valence-electron chi connectivity index (χ0n) is 10.8. The minimum absolute atomic E-state index is 0.0823. The van der Waals surface area contributed by atoms with Crippen molar-refractivity contribution in [3.05, 3.63) is 48.0 Å². The largest absolute Gasteiger partial charge is 0.352 e. The number of amides is 1. The number of benzene rings is 1. The smallest absolute Gasteiger partial charge is 0.237 e. The van der Waals surface area contributed by atoms with E-state index in [2.05, 4.69) is 29.3 Å². The van der Waals surface area contributed by atoms with Crippen LogP contribution in [0, 0.1) is 0 Å². The molecule has 1 heterocycles. The van der Waals surface area contributed by atoms with Gasteiger partial charge in [-0.2, -0.15) is 0 Å². The number of carbonyl (C=O) groups is 1. The average Bonchev–Trinajstić information content (AvgIpc) is 2.38. The van der Waals surface area contributed by atoms with Crippen LogP contribution in [-0.4, -0.2) is 18.0 Å². The fourth-order valence-electron chi connectivity index (χ4n) is 2.29. The molecule has 1 aliphatic rings. The SMILES string of the molecule is C=CCC(C)NC(=O)[C@@H]1Cc2ccccc2CN1. The molecule has 2 N–H and O–H groups in total. The number of rotatable bonds is 4. The summed E-state index contributed by atoms with van der Waals surface area (Å²) >= 11 is 0. The van der Waals surface area contributed by atoms with Gasteiger partial charge in [-0.25, -0.2) is 0 Å². The van der Waals surface area contributed by atoms with E-state index in [-0.39, 0.29) is 18.0 Å². The maximum Gasteiger partial charge on any atom is 0.237 e. The molecule has 0 bridgehead atoms. The van der Waals surface area contributed by atoms with E-state index in [0.29, 0.717) is 0 Å². The summed E-state index contributed by atoms with van der Waals surface area (Å²) in [5, 5.41) is 6.29. The number of carbonyl (C=O) groups excluding carboxylic acids is 1. The van der Waals surface area contributed by atoms with Gasteiger partial charge in [0.15, 0.2) is 0 Å². The van der Waals surface area contributed by atoms with Crippen LogP contribution >= 0.6 is 0 Å². The maximum absolute atomic E-state index is 12.1. The molecule has 1 aliphatic heterocycles. The van der Waals surface area contributed by atoms with Gasteiger partial charge in [0.2, 0.25) is 5.91 Å². The Morgan fingerprint density at radius 1 is 1.56 bits per heavy atom. The third-order valence-electron chi connectivity index (χ3n) is 3.31. The third kappa shape index (κ3) is 2.99. The van der Waals surface area contributed by atoms with Crippen molar-refractivity contribution in [1.82, 2.24) is 10.6 Å². The third-order valence-corrected chi connectivity index (χ3v) is 3.31. The number of hydrogen-bond acceptors (Lipinski definition) is 2. The highest BCUT2D eigenvalue weighted by Gasteiger charge is 2.24. The van der Waals surface area contributed by atoms with E-state index in [1.54, 1.807) is 0 Å². The first-order valence-electron chi connectivity index (χ1n) is 6.42. The van der Waals surface area contributed by atoms with Crippen LogP contribution in [0.5, 0.6) is 0 Å². The van der Waals surface area contributed by atoms with Gasteiger partial charge >= 0.3 is 0 Å². The minimum atomic E-state index is -0.118. The lowest BCUT2D eigenvalue weighted by molar-refractivity contribution is -0.123. The standard InChI is InChI=1S/C15H20N2O/c1-3-6-11(2)17-15(18)14-9-12-7-4-5-8-13(12)10-16-14/h3-5,7-8,11,14,16H,1,6,9-10H2,2H3,(H,17,18)/t11?,14-/m0/s1. The van der Waals surface area contributed by atoms with E-state index >= 15 is 0 Å². The van der Waals surface area contributed by atoms with E-state index in [1.165, 1.54) is 11.1 Å². The van der Waals surface area contributed by atoms with Crippen molar-refractivity contribution in [2.75, 3.05) is 0 Å². The van der Waals surface area contributed by atoms with Crippen LogP contribution in [0.25, 0.3) is 0 Å². The molecule has 18 heavy (non-hydrogen) atoms. The van der Waals surface area contributed by atoms with Crippen molar-refractivity contribution in [2.45, 2.75) is 38.4 Å². The van der Waals surface area contributed by atoms with Crippen LogP contribution in [0.1, 0.15) is 24.5 Å². The van der Waals surface area contributed by atoms with Gasteiger partial charge in [-0.05, 0) is 30.9 Å². The van der Waals surface area contributed by atoms with Gasteiger partial charge in [-0.1, -0.05) is 30.3 Å². The molecule has 1 aromatic carbocycles. The van der Waals surface area contributed by atoms with Gasteiger partial charge in [0.1, 0.15) is 0 Å². The molecule has 0 saturated carbocycles. The Labute approximate surface area is 108 Å². The molecule has 0 radical (unpaired) electrons. The fourth-order valence-corrected chi connectivity index (χ4v) is 2.29. The first-order chi connectivity index (χ1) is 8.70. The number of nitrogens with one attached hydrogen (secondary N) is 2. The Morgan fingerprint density at radius 3 is 3.00 bits per heavy atom. The average molecular weight is 244 g/mol. The van der Waals surface area contributed by atoms with Gasteiger partial charge in [-0.3, -0.25) is 4.79 Å². The zero-order valence-corrected chi connectivity index (χ0v) is 10.8. The lowest BCUT2D eigenvalue weighted by Gasteiger charge is -2.26. The Balaban J connectivity index is 1.96. The molecule has 2 rings (SSSR count). The summed E-state index contributed by atoms with van der Waals surface area (Å²) in [5.74, 6) is 0.0823. The molecule has 2 atom stereocenters. The van der Waals surface area contributed by atoms with Crippen LogP contribution < -0.4 is 10.6 Å². The normalized spacial score (nSPS) is 19.7. The molecule has 1 aromatic rings. The topological polar surface area (TPSA) is 41.1 Å². The lowest BCUT2D eigenvalue weighted by atomic mass is 9.95. The summed E-state index contributed by atoms with van der Waals surface area (Å²) in [6.07, 6.45) is 3.40. The van der Waals surface area contributed by atoms with Crippen molar-refractivity contribution < 1.29 is 4.79 Å². The molecule has 3 heteroatoms. The monoisotopic (exact) mass is 244 g/mol. The molecular weight excluding hydrogens is 224 g/mol. The van der Waals surface area contributed by atoms with Gasteiger partial charge in [0.25, 0.3) is 0 Å². The molecular formula is C15H20N2O. The lowest BCUT2D eigenvalue weighted by Crippen LogP contribution is -2.49. The van der Waals surface area contributed by atoms with Crippen molar-refractivity contribution >= 4 is 5.91 Å². The predicted octanol–water partition coefficient (Wildman–Crippen LogP) is 1.78. The Hall–Kier alpha value is -1.61. The maximum atomic E-state index is 12.1. The van der Waals surface area contributed by atoms with Gasteiger partial charge in [-0.15, -0.1) is 6.58 Å². The second-order valence-electron chi connectivity index (χ2n) is 4.84.